The Kier molecular flexibility index (Phi) is 4.95. The highest BCUT2D eigenvalue weighted by Gasteiger charge is 2.14. The number of rotatable bonds is 6. The molecule has 126 valence electrons. The molecular formula is C20H18N2O3. The summed E-state index contributed by atoms with van der Waals surface area (Å²) < 4.78 is 1.67. The van der Waals surface area contributed by atoms with Crippen LogP contribution >= 0.6 is 0 Å². The van der Waals surface area contributed by atoms with Crippen molar-refractivity contribution < 1.29 is 14.7 Å². The van der Waals surface area contributed by atoms with Crippen molar-refractivity contribution in [2.45, 2.75) is 12.8 Å². The summed E-state index contributed by atoms with van der Waals surface area (Å²) in [4.78, 5) is 23.4. The van der Waals surface area contributed by atoms with Gasteiger partial charge in [-0.3, -0.25) is 19.7 Å². The molecule has 25 heavy (non-hydrogen) atoms. The van der Waals surface area contributed by atoms with Gasteiger partial charge in [0.1, 0.15) is 0 Å². The van der Waals surface area contributed by atoms with Gasteiger partial charge in [0, 0.05) is 23.2 Å². The average molecular weight is 334 g/mol. The fraction of sp³-hybridized carbons (Fsp3) is 0.100. The van der Waals surface area contributed by atoms with Gasteiger partial charge in [-0.05, 0) is 24.3 Å². The Balaban J connectivity index is 1.94. The van der Waals surface area contributed by atoms with E-state index < -0.39 is 5.97 Å². The van der Waals surface area contributed by atoms with Gasteiger partial charge in [0.2, 0.25) is 0 Å². The van der Waals surface area contributed by atoms with Crippen molar-refractivity contribution in [1.82, 2.24) is 4.68 Å². The molecule has 0 fully saturated rings. The number of nitrogens with one attached hydrogen (secondary N) is 1. The second-order valence-corrected chi connectivity index (χ2v) is 5.61. The number of carbonyl (C=O) groups is 2. The van der Waals surface area contributed by atoms with Gasteiger partial charge in [-0.2, -0.15) is 0 Å². The van der Waals surface area contributed by atoms with E-state index in [4.69, 9.17) is 5.11 Å². The Morgan fingerprint density at radius 1 is 0.880 bits per heavy atom. The molecule has 0 saturated carbocycles. The lowest BCUT2D eigenvalue weighted by Gasteiger charge is -2.15. The van der Waals surface area contributed by atoms with Crippen LogP contribution < -0.4 is 5.43 Å². The highest BCUT2D eigenvalue weighted by atomic mass is 16.4. The maximum atomic E-state index is 12.5. The number of hydrogen-bond donors (Lipinski definition) is 2. The Morgan fingerprint density at radius 2 is 1.52 bits per heavy atom. The summed E-state index contributed by atoms with van der Waals surface area (Å²) in [6.07, 6.45) is 0.330. The first-order chi connectivity index (χ1) is 12.1. The number of carboxylic acids is 1. The van der Waals surface area contributed by atoms with E-state index in [9.17, 15) is 9.59 Å². The number of aromatic nitrogens is 1. The number of carbonyl (C=O) groups excluding carboxylic acids is 1. The van der Waals surface area contributed by atoms with Crippen molar-refractivity contribution in [2.75, 3.05) is 5.43 Å². The Morgan fingerprint density at radius 3 is 2.16 bits per heavy atom. The zero-order valence-electron chi connectivity index (χ0n) is 13.6. The maximum Gasteiger partial charge on any atom is 0.303 e. The second-order valence-electron chi connectivity index (χ2n) is 5.61. The van der Waals surface area contributed by atoms with Gasteiger partial charge < -0.3 is 5.11 Å². The summed E-state index contributed by atoms with van der Waals surface area (Å²) in [6, 6.07) is 22.3. The van der Waals surface area contributed by atoms with Gasteiger partial charge in [-0.1, -0.05) is 48.5 Å². The fourth-order valence-corrected chi connectivity index (χ4v) is 2.63. The molecular weight excluding hydrogens is 316 g/mol. The minimum absolute atomic E-state index is 0.000545. The Labute approximate surface area is 145 Å². The van der Waals surface area contributed by atoms with Crippen LogP contribution in [0.4, 0.5) is 0 Å². The third-order valence-corrected chi connectivity index (χ3v) is 3.88. The molecule has 5 heteroatoms. The normalized spacial score (nSPS) is 10.4. The van der Waals surface area contributed by atoms with Gasteiger partial charge in [0.15, 0.2) is 0 Å². The molecule has 3 rings (SSSR count). The van der Waals surface area contributed by atoms with Gasteiger partial charge in [-0.15, -0.1) is 0 Å². The summed E-state index contributed by atoms with van der Waals surface area (Å²) >= 11 is 0. The molecule has 1 heterocycles. The SMILES string of the molecule is O=C(O)CCc1ccc(-c2ccccc2)n1NC(=O)c1ccccc1. The van der Waals surface area contributed by atoms with Crippen molar-refractivity contribution in [1.29, 1.82) is 0 Å². The molecule has 2 N–H and O–H groups in total. The van der Waals surface area contributed by atoms with Crippen molar-refractivity contribution in [3.05, 3.63) is 84.1 Å². The van der Waals surface area contributed by atoms with Crippen molar-refractivity contribution in [3.8, 4) is 11.3 Å². The highest BCUT2D eigenvalue weighted by molar-refractivity contribution is 6.00. The number of nitrogens with zero attached hydrogens (tertiary/aromatic N) is 1. The summed E-state index contributed by atoms with van der Waals surface area (Å²) in [5.74, 6) is -1.12. The molecule has 3 aromatic rings. The standard InChI is InChI=1S/C20H18N2O3/c23-19(24)14-12-17-11-13-18(15-7-3-1-4-8-15)22(17)21-20(25)16-9-5-2-6-10-16/h1-11,13H,12,14H2,(H,21,25)(H,23,24). The number of aliphatic carboxylic acids is 1. The van der Waals surface area contributed by atoms with E-state index in [-0.39, 0.29) is 12.3 Å². The van der Waals surface area contributed by atoms with E-state index in [0.717, 1.165) is 17.0 Å². The van der Waals surface area contributed by atoms with E-state index in [1.807, 2.05) is 48.5 Å². The molecule has 0 radical (unpaired) electrons. The van der Waals surface area contributed by atoms with Crippen LogP contribution in [-0.4, -0.2) is 21.7 Å². The van der Waals surface area contributed by atoms with Crippen molar-refractivity contribution in [3.63, 3.8) is 0 Å². The van der Waals surface area contributed by atoms with Crippen LogP contribution in [-0.2, 0) is 11.2 Å². The van der Waals surface area contributed by atoms with Crippen LogP contribution in [0.15, 0.2) is 72.8 Å². The molecule has 0 spiro atoms. The van der Waals surface area contributed by atoms with Gasteiger partial charge in [-0.25, -0.2) is 0 Å². The first-order valence-corrected chi connectivity index (χ1v) is 7.99. The lowest BCUT2D eigenvalue weighted by Crippen LogP contribution is -2.25. The quantitative estimate of drug-likeness (QED) is 0.724. The summed E-state index contributed by atoms with van der Waals surface area (Å²) in [7, 11) is 0. The van der Waals surface area contributed by atoms with Crippen LogP contribution in [0.3, 0.4) is 0 Å². The van der Waals surface area contributed by atoms with E-state index >= 15 is 0 Å². The summed E-state index contributed by atoms with van der Waals surface area (Å²) in [5, 5.41) is 8.95. The predicted octanol–water partition coefficient (Wildman–Crippen LogP) is 3.56. The molecule has 5 nitrogen and oxygen atoms in total. The van der Waals surface area contributed by atoms with E-state index in [1.165, 1.54) is 0 Å². The van der Waals surface area contributed by atoms with E-state index in [0.29, 0.717) is 12.0 Å². The van der Waals surface area contributed by atoms with Crippen LogP contribution in [0.2, 0.25) is 0 Å². The number of benzene rings is 2. The number of hydrogen-bond acceptors (Lipinski definition) is 2. The van der Waals surface area contributed by atoms with Crippen molar-refractivity contribution >= 4 is 11.9 Å². The van der Waals surface area contributed by atoms with E-state index in [2.05, 4.69) is 5.43 Å². The molecule has 0 saturated heterocycles. The molecule has 0 aliphatic carbocycles. The first-order valence-electron chi connectivity index (χ1n) is 7.99. The Hall–Kier alpha value is -3.34. The van der Waals surface area contributed by atoms with Crippen LogP contribution in [0.25, 0.3) is 11.3 Å². The smallest absolute Gasteiger partial charge is 0.303 e. The second kappa shape index (κ2) is 7.49. The largest absolute Gasteiger partial charge is 0.481 e. The van der Waals surface area contributed by atoms with Crippen molar-refractivity contribution in [2.24, 2.45) is 0 Å². The average Bonchev–Trinajstić information content (AvgIpc) is 3.04. The molecule has 0 bridgehead atoms. The molecule has 1 amide bonds. The molecule has 1 aromatic heterocycles. The van der Waals surface area contributed by atoms with Gasteiger partial charge in [0.05, 0.1) is 12.1 Å². The van der Waals surface area contributed by atoms with Gasteiger partial charge in [0.25, 0.3) is 5.91 Å². The first kappa shape index (κ1) is 16.5. The predicted molar refractivity (Wildman–Crippen MR) is 96.0 cm³/mol. The zero-order chi connectivity index (χ0) is 17.6. The molecule has 0 aliphatic heterocycles. The lowest BCUT2D eigenvalue weighted by molar-refractivity contribution is -0.136. The number of amides is 1. The minimum Gasteiger partial charge on any atom is -0.481 e. The topological polar surface area (TPSA) is 71.3 Å². The number of aryl methyl sites for hydroxylation is 1. The summed E-state index contributed by atoms with van der Waals surface area (Å²) in [6.45, 7) is 0. The monoisotopic (exact) mass is 334 g/mol. The highest BCUT2D eigenvalue weighted by Crippen LogP contribution is 2.22. The lowest BCUT2D eigenvalue weighted by atomic mass is 10.2. The molecule has 2 aromatic carbocycles. The summed E-state index contributed by atoms with van der Waals surface area (Å²) in [5.41, 5.74) is 5.92. The number of carboxylic acid groups (broad SMARTS) is 1. The minimum atomic E-state index is -0.872. The van der Waals surface area contributed by atoms with Crippen LogP contribution in [0, 0.1) is 0 Å². The Bertz CT molecular complexity index is 870. The third kappa shape index (κ3) is 3.95. The van der Waals surface area contributed by atoms with E-state index in [1.54, 1.807) is 28.9 Å². The third-order valence-electron chi connectivity index (χ3n) is 3.88. The van der Waals surface area contributed by atoms with Crippen LogP contribution in [0.1, 0.15) is 22.5 Å². The van der Waals surface area contributed by atoms with Crippen LogP contribution in [0.5, 0.6) is 0 Å². The molecule has 0 unspecified atom stereocenters. The molecule has 0 aliphatic rings. The van der Waals surface area contributed by atoms with Gasteiger partial charge >= 0.3 is 5.97 Å². The molecule has 0 atom stereocenters. The maximum absolute atomic E-state index is 12.5. The zero-order valence-corrected chi connectivity index (χ0v) is 13.6. The fourth-order valence-electron chi connectivity index (χ4n) is 2.63.